The summed E-state index contributed by atoms with van der Waals surface area (Å²) in [6, 6.07) is -1.01. The van der Waals surface area contributed by atoms with E-state index in [2.05, 4.69) is 55.6 Å². The minimum atomic E-state index is -1.29. The number of rotatable bonds is 35. The van der Waals surface area contributed by atoms with Gasteiger partial charge in [-0.2, -0.15) is 0 Å². The summed E-state index contributed by atoms with van der Waals surface area (Å²) in [7, 11) is 0. The first kappa shape index (κ1) is 45.5. The molecule has 0 aliphatic rings. The van der Waals surface area contributed by atoms with E-state index in [1.807, 2.05) is 0 Å². The van der Waals surface area contributed by atoms with Crippen LogP contribution in [0.3, 0.4) is 0 Å². The van der Waals surface area contributed by atoms with Gasteiger partial charge in [0.15, 0.2) is 0 Å². The Balaban J connectivity index is 3.84. The molecule has 0 aromatic carbocycles. The molecule has 1 amide bonds. The normalized spacial score (nSPS) is 14.8. The third-order valence-electron chi connectivity index (χ3n) is 9.04. The Morgan fingerprint density at radius 2 is 0.915 bits per heavy atom. The maximum atomic E-state index is 12.5. The minimum Gasteiger partial charge on any atom is -0.394 e. The van der Waals surface area contributed by atoms with Crippen molar-refractivity contribution in [2.24, 2.45) is 0 Å². The van der Waals surface area contributed by atoms with Crippen LogP contribution in [-0.2, 0) is 4.79 Å². The Morgan fingerprint density at radius 3 is 1.34 bits per heavy atom. The number of unbranched alkanes of at least 4 members (excludes halogenated alkanes) is 20. The number of hydrogen-bond acceptors (Lipinski definition) is 5. The first-order chi connectivity index (χ1) is 23.0. The summed E-state index contributed by atoms with van der Waals surface area (Å²) in [4.78, 5) is 12.5. The van der Waals surface area contributed by atoms with Gasteiger partial charge < -0.3 is 25.7 Å². The molecule has 0 aliphatic carbocycles. The van der Waals surface area contributed by atoms with Gasteiger partial charge in [0.05, 0.1) is 18.8 Å². The van der Waals surface area contributed by atoms with E-state index in [0.29, 0.717) is 19.3 Å². The van der Waals surface area contributed by atoms with Crippen LogP contribution in [0.4, 0.5) is 0 Å². The quantitative estimate of drug-likeness (QED) is 0.0343. The summed E-state index contributed by atoms with van der Waals surface area (Å²) in [6.07, 6.45) is 40.2. The van der Waals surface area contributed by atoms with Crippen LogP contribution < -0.4 is 5.32 Å². The van der Waals surface area contributed by atoms with Crippen LogP contribution in [0.5, 0.6) is 0 Å². The van der Waals surface area contributed by atoms with Crippen molar-refractivity contribution in [1.82, 2.24) is 5.32 Å². The molecule has 4 atom stereocenters. The average Bonchev–Trinajstić information content (AvgIpc) is 3.07. The largest absolute Gasteiger partial charge is 0.394 e. The lowest BCUT2D eigenvalue weighted by Gasteiger charge is -2.27. The second-order valence-electron chi connectivity index (χ2n) is 13.6. The number of hydrogen-bond donors (Lipinski definition) is 5. The van der Waals surface area contributed by atoms with Gasteiger partial charge in [-0.15, -0.1) is 0 Å². The summed E-state index contributed by atoms with van der Waals surface area (Å²) in [5.41, 5.74) is 0. The van der Waals surface area contributed by atoms with E-state index in [4.69, 9.17) is 0 Å². The minimum absolute atomic E-state index is 0.361. The fraction of sp³-hybridized carbons (Fsp3) is 0.829. The number of aliphatic hydroxyl groups excluding tert-OH is 4. The molecule has 0 aliphatic heterocycles. The van der Waals surface area contributed by atoms with Gasteiger partial charge in [-0.3, -0.25) is 4.79 Å². The maximum Gasteiger partial charge on any atom is 0.249 e. The van der Waals surface area contributed by atoms with Crippen LogP contribution >= 0.6 is 0 Å². The summed E-state index contributed by atoms with van der Waals surface area (Å²) in [6.45, 7) is 3.96. The Bertz CT molecular complexity index is 752. The Kier molecular flexibility index (Phi) is 34.7. The van der Waals surface area contributed by atoms with Crippen LogP contribution in [-0.4, -0.2) is 57.3 Å². The topological polar surface area (TPSA) is 110 Å². The first-order valence-corrected chi connectivity index (χ1v) is 19.9. The van der Waals surface area contributed by atoms with E-state index < -0.39 is 36.9 Å². The molecule has 0 saturated carbocycles. The van der Waals surface area contributed by atoms with Gasteiger partial charge in [-0.05, 0) is 57.8 Å². The zero-order valence-corrected chi connectivity index (χ0v) is 30.8. The van der Waals surface area contributed by atoms with Gasteiger partial charge >= 0.3 is 0 Å². The Morgan fingerprint density at radius 1 is 0.511 bits per heavy atom. The van der Waals surface area contributed by atoms with Gasteiger partial charge in [0.1, 0.15) is 12.2 Å². The van der Waals surface area contributed by atoms with Crippen molar-refractivity contribution in [1.29, 1.82) is 0 Å². The lowest BCUT2D eigenvalue weighted by Crippen LogP contribution is -2.53. The number of amides is 1. The second-order valence-corrected chi connectivity index (χ2v) is 13.6. The highest BCUT2D eigenvalue weighted by Crippen LogP contribution is 2.15. The van der Waals surface area contributed by atoms with Gasteiger partial charge in [0.2, 0.25) is 5.91 Å². The van der Waals surface area contributed by atoms with E-state index in [0.717, 1.165) is 57.8 Å². The molecule has 0 aromatic heterocycles. The van der Waals surface area contributed by atoms with Crippen molar-refractivity contribution < 1.29 is 25.2 Å². The zero-order valence-electron chi connectivity index (χ0n) is 30.8. The molecule has 0 spiro atoms. The van der Waals surface area contributed by atoms with E-state index in [9.17, 15) is 25.2 Å². The fourth-order valence-corrected chi connectivity index (χ4v) is 5.85. The molecule has 0 fully saturated rings. The Hall–Kier alpha value is -1.47. The molecule has 6 heteroatoms. The highest BCUT2D eigenvalue weighted by Gasteiger charge is 2.28. The average molecular weight is 664 g/mol. The van der Waals surface area contributed by atoms with Crippen LogP contribution in [0, 0.1) is 0 Å². The SMILES string of the molecule is CCC/C=C/CC/C=C/CC/C=C/CCCC(O)C(O)C(CO)NC(=O)C(O)CCCCCCCCCCCCCCCCCCC. The fourth-order valence-electron chi connectivity index (χ4n) is 5.85. The van der Waals surface area contributed by atoms with Crippen molar-refractivity contribution >= 4 is 5.91 Å². The molecular formula is C41H77NO5. The summed E-state index contributed by atoms with van der Waals surface area (Å²) in [5.74, 6) is -0.600. The molecule has 0 heterocycles. The predicted molar refractivity (Wildman–Crippen MR) is 200 cm³/mol. The third kappa shape index (κ3) is 30.3. The van der Waals surface area contributed by atoms with Crippen molar-refractivity contribution in [2.45, 2.75) is 212 Å². The lowest BCUT2D eigenvalue weighted by molar-refractivity contribution is -0.132. The smallest absolute Gasteiger partial charge is 0.249 e. The molecule has 0 saturated heterocycles. The molecule has 0 rings (SSSR count). The molecular weight excluding hydrogens is 586 g/mol. The van der Waals surface area contributed by atoms with E-state index in [-0.39, 0.29) is 0 Å². The summed E-state index contributed by atoms with van der Waals surface area (Å²) in [5, 5.41) is 43.5. The molecule has 4 unspecified atom stereocenters. The van der Waals surface area contributed by atoms with E-state index in [1.165, 1.54) is 96.3 Å². The van der Waals surface area contributed by atoms with Gasteiger partial charge in [-0.1, -0.05) is 166 Å². The van der Waals surface area contributed by atoms with Crippen LogP contribution in [0.15, 0.2) is 36.5 Å². The number of carbonyl (C=O) groups is 1. The molecule has 0 bridgehead atoms. The van der Waals surface area contributed by atoms with Crippen molar-refractivity contribution in [3.63, 3.8) is 0 Å². The summed E-state index contributed by atoms with van der Waals surface area (Å²) < 4.78 is 0. The van der Waals surface area contributed by atoms with Gasteiger partial charge in [0.25, 0.3) is 0 Å². The predicted octanol–water partition coefficient (Wildman–Crippen LogP) is 9.79. The van der Waals surface area contributed by atoms with Crippen molar-refractivity contribution in [2.75, 3.05) is 6.61 Å². The van der Waals surface area contributed by atoms with E-state index >= 15 is 0 Å². The number of carbonyl (C=O) groups excluding carboxylic acids is 1. The monoisotopic (exact) mass is 664 g/mol. The van der Waals surface area contributed by atoms with Gasteiger partial charge in [0, 0.05) is 0 Å². The highest BCUT2D eigenvalue weighted by atomic mass is 16.3. The van der Waals surface area contributed by atoms with E-state index in [1.54, 1.807) is 0 Å². The first-order valence-electron chi connectivity index (χ1n) is 19.9. The standard InChI is InChI=1S/C41H77NO5/c1-3-5-7-9-11-13-15-17-19-20-21-23-25-27-29-31-33-35-39(45)41(47)42-37(36-43)40(46)38(44)34-32-30-28-26-24-22-18-16-14-12-10-8-6-4-2/h8,10,16,18,26,28,37-40,43-46H,3-7,9,11-15,17,19-25,27,29-36H2,1-2H3,(H,42,47)/b10-8+,18-16+,28-26+. The third-order valence-corrected chi connectivity index (χ3v) is 9.04. The van der Waals surface area contributed by atoms with Gasteiger partial charge in [-0.25, -0.2) is 0 Å². The van der Waals surface area contributed by atoms with Crippen molar-refractivity contribution in [3.8, 4) is 0 Å². The summed E-state index contributed by atoms with van der Waals surface area (Å²) >= 11 is 0. The zero-order chi connectivity index (χ0) is 34.6. The van der Waals surface area contributed by atoms with Crippen molar-refractivity contribution in [3.05, 3.63) is 36.5 Å². The molecule has 0 radical (unpaired) electrons. The second kappa shape index (κ2) is 35.8. The lowest BCUT2D eigenvalue weighted by atomic mass is 10.00. The maximum absolute atomic E-state index is 12.5. The molecule has 0 aromatic rings. The molecule has 5 N–H and O–H groups in total. The molecule has 6 nitrogen and oxygen atoms in total. The number of aliphatic hydroxyl groups is 4. The van der Waals surface area contributed by atoms with Crippen LogP contribution in [0.25, 0.3) is 0 Å². The highest BCUT2D eigenvalue weighted by molar-refractivity contribution is 5.80. The Labute approximate surface area is 290 Å². The molecule has 47 heavy (non-hydrogen) atoms. The number of nitrogens with one attached hydrogen (secondary N) is 1. The van der Waals surface area contributed by atoms with Crippen LogP contribution in [0.2, 0.25) is 0 Å². The number of allylic oxidation sites excluding steroid dienone is 6. The molecule has 276 valence electrons. The van der Waals surface area contributed by atoms with Crippen LogP contribution in [0.1, 0.15) is 187 Å².